The van der Waals surface area contributed by atoms with Gasteiger partial charge in [0.1, 0.15) is 28.4 Å². The number of Topliss-reactive ketones (excluding diaryl/α,β-unsaturated/α-hetero) is 1. The number of aromatic nitrogens is 2. The van der Waals surface area contributed by atoms with Crippen LogP contribution in [0.3, 0.4) is 0 Å². The number of carbonyl (C=O) groups is 1. The van der Waals surface area contributed by atoms with Crippen molar-refractivity contribution in [3.8, 4) is 5.75 Å². The minimum Gasteiger partial charge on any atom is -0.497 e. The molecule has 8 heteroatoms. The number of methoxy groups -OCH3 is 1. The number of benzene rings is 2. The SMILES string of the molecule is COc1ccc2cc(CC(=O)Cc3ncn4c(C(F)(F)F)csc34)ccc2c1. The van der Waals surface area contributed by atoms with Crippen LogP contribution in [-0.2, 0) is 23.8 Å². The molecular weight excluding hydrogens is 389 g/mol. The van der Waals surface area contributed by atoms with Crippen LogP contribution in [0.1, 0.15) is 17.0 Å². The van der Waals surface area contributed by atoms with Crippen molar-refractivity contribution >= 4 is 32.7 Å². The van der Waals surface area contributed by atoms with E-state index in [0.717, 1.165) is 49.5 Å². The highest BCUT2D eigenvalue weighted by molar-refractivity contribution is 7.15. The maximum Gasteiger partial charge on any atom is 0.432 e. The maximum atomic E-state index is 13.0. The van der Waals surface area contributed by atoms with Crippen LogP contribution in [0, 0.1) is 0 Å². The van der Waals surface area contributed by atoms with Crippen molar-refractivity contribution in [2.24, 2.45) is 0 Å². The summed E-state index contributed by atoms with van der Waals surface area (Å²) in [5.74, 6) is 0.657. The Morgan fingerprint density at radius 1 is 1.14 bits per heavy atom. The van der Waals surface area contributed by atoms with Crippen LogP contribution >= 0.6 is 11.3 Å². The van der Waals surface area contributed by atoms with Gasteiger partial charge >= 0.3 is 6.18 Å². The van der Waals surface area contributed by atoms with Crippen LogP contribution in [-0.4, -0.2) is 22.3 Å². The van der Waals surface area contributed by atoms with Gasteiger partial charge in [-0.3, -0.25) is 9.20 Å². The van der Waals surface area contributed by atoms with Gasteiger partial charge in [0.15, 0.2) is 0 Å². The number of halogens is 3. The molecule has 2 aromatic heterocycles. The largest absolute Gasteiger partial charge is 0.497 e. The number of nitrogens with zero attached hydrogens (tertiary/aromatic N) is 2. The zero-order valence-electron chi connectivity index (χ0n) is 14.8. The number of hydrogen-bond acceptors (Lipinski definition) is 4. The van der Waals surface area contributed by atoms with Crippen LogP contribution in [0.15, 0.2) is 48.1 Å². The summed E-state index contributed by atoms with van der Waals surface area (Å²) in [4.78, 5) is 16.8. The molecule has 0 saturated heterocycles. The highest BCUT2D eigenvalue weighted by Gasteiger charge is 2.35. The third-order valence-electron chi connectivity index (χ3n) is 4.50. The molecule has 4 rings (SSSR count). The first kappa shape index (κ1) is 18.5. The number of carbonyl (C=O) groups excluding carboxylic acids is 1. The number of alkyl halides is 3. The topological polar surface area (TPSA) is 43.6 Å². The first-order chi connectivity index (χ1) is 13.3. The molecule has 2 heterocycles. The van der Waals surface area contributed by atoms with E-state index in [9.17, 15) is 18.0 Å². The Labute approximate surface area is 162 Å². The zero-order chi connectivity index (χ0) is 19.9. The Balaban J connectivity index is 1.52. The smallest absolute Gasteiger partial charge is 0.432 e. The summed E-state index contributed by atoms with van der Waals surface area (Å²) in [6.07, 6.45) is -3.14. The van der Waals surface area contributed by atoms with E-state index < -0.39 is 11.9 Å². The van der Waals surface area contributed by atoms with E-state index in [2.05, 4.69) is 4.98 Å². The lowest BCUT2D eigenvalue weighted by atomic mass is 10.0. The van der Waals surface area contributed by atoms with Crippen molar-refractivity contribution in [1.82, 2.24) is 9.38 Å². The van der Waals surface area contributed by atoms with Crippen molar-refractivity contribution in [2.75, 3.05) is 7.11 Å². The van der Waals surface area contributed by atoms with Crippen molar-refractivity contribution in [3.63, 3.8) is 0 Å². The Kier molecular flexibility index (Phi) is 4.58. The van der Waals surface area contributed by atoms with Crippen molar-refractivity contribution in [2.45, 2.75) is 19.0 Å². The summed E-state index contributed by atoms with van der Waals surface area (Å²) in [7, 11) is 1.60. The van der Waals surface area contributed by atoms with E-state index >= 15 is 0 Å². The second-order valence-corrected chi connectivity index (χ2v) is 7.28. The molecule has 0 unspecified atom stereocenters. The zero-order valence-corrected chi connectivity index (χ0v) is 15.6. The third-order valence-corrected chi connectivity index (χ3v) is 5.50. The molecule has 0 fully saturated rings. The van der Waals surface area contributed by atoms with E-state index in [1.54, 1.807) is 7.11 Å². The summed E-state index contributed by atoms with van der Waals surface area (Å²) in [6.45, 7) is 0. The number of hydrogen-bond donors (Lipinski definition) is 0. The second-order valence-electron chi connectivity index (χ2n) is 6.42. The highest BCUT2D eigenvalue weighted by atomic mass is 32.1. The van der Waals surface area contributed by atoms with E-state index in [-0.39, 0.29) is 18.6 Å². The van der Waals surface area contributed by atoms with Crippen LogP contribution in [0.5, 0.6) is 5.75 Å². The molecule has 144 valence electrons. The molecule has 0 amide bonds. The van der Waals surface area contributed by atoms with Gasteiger partial charge in [-0.05, 0) is 28.5 Å². The van der Waals surface area contributed by atoms with Gasteiger partial charge in [-0.1, -0.05) is 24.3 Å². The number of thiazole rings is 1. The lowest BCUT2D eigenvalue weighted by Crippen LogP contribution is -2.08. The summed E-state index contributed by atoms with van der Waals surface area (Å²) < 4.78 is 45.1. The monoisotopic (exact) mass is 404 g/mol. The molecule has 2 aromatic carbocycles. The lowest BCUT2D eigenvalue weighted by molar-refractivity contribution is -0.141. The fraction of sp³-hybridized carbons (Fsp3) is 0.200. The number of imidazole rings is 1. The molecule has 0 N–H and O–H groups in total. The number of ketones is 1. The second kappa shape index (κ2) is 6.94. The van der Waals surface area contributed by atoms with Crippen molar-refractivity contribution < 1.29 is 22.7 Å². The molecule has 4 aromatic rings. The van der Waals surface area contributed by atoms with E-state index in [0.29, 0.717) is 10.5 Å². The standard InChI is InChI=1S/C20H15F3N2O2S/c1-27-16-5-4-13-6-12(2-3-14(13)8-16)7-15(26)9-17-19-25(11-24-17)18(10-28-19)20(21,22)23/h2-6,8,10-11H,7,9H2,1H3. The summed E-state index contributed by atoms with van der Waals surface area (Å²) in [5.41, 5.74) is 0.444. The Morgan fingerprint density at radius 2 is 1.89 bits per heavy atom. The van der Waals surface area contributed by atoms with E-state index in [1.165, 1.54) is 0 Å². The molecule has 0 bridgehead atoms. The molecule has 0 aliphatic heterocycles. The Morgan fingerprint density at radius 3 is 2.64 bits per heavy atom. The fourth-order valence-electron chi connectivity index (χ4n) is 3.15. The Hall–Kier alpha value is -2.87. The normalized spacial score (nSPS) is 12.0. The van der Waals surface area contributed by atoms with Gasteiger partial charge in [-0.2, -0.15) is 13.2 Å². The molecular formula is C20H15F3N2O2S. The fourth-order valence-corrected chi connectivity index (χ4v) is 4.14. The molecule has 0 atom stereocenters. The Bertz CT molecular complexity index is 1180. The third kappa shape index (κ3) is 3.47. The van der Waals surface area contributed by atoms with E-state index in [1.807, 2.05) is 36.4 Å². The van der Waals surface area contributed by atoms with Gasteiger partial charge in [0.05, 0.1) is 19.2 Å². The quantitative estimate of drug-likeness (QED) is 0.474. The van der Waals surface area contributed by atoms with Crippen LogP contribution in [0.2, 0.25) is 0 Å². The van der Waals surface area contributed by atoms with Gasteiger partial charge < -0.3 is 4.74 Å². The van der Waals surface area contributed by atoms with Gasteiger partial charge in [-0.15, -0.1) is 11.3 Å². The molecule has 4 nitrogen and oxygen atoms in total. The summed E-state index contributed by atoms with van der Waals surface area (Å²) in [6, 6.07) is 11.4. The predicted octanol–water partition coefficient (Wildman–Crippen LogP) is 4.93. The van der Waals surface area contributed by atoms with Gasteiger partial charge in [0, 0.05) is 11.8 Å². The lowest BCUT2D eigenvalue weighted by Gasteiger charge is -2.05. The average molecular weight is 404 g/mol. The summed E-state index contributed by atoms with van der Waals surface area (Å²) in [5, 5.41) is 3.04. The van der Waals surface area contributed by atoms with Crippen LogP contribution in [0.4, 0.5) is 13.2 Å². The number of ether oxygens (including phenoxy) is 1. The van der Waals surface area contributed by atoms with Crippen molar-refractivity contribution in [1.29, 1.82) is 0 Å². The minimum atomic E-state index is -4.45. The van der Waals surface area contributed by atoms with Crippen molar-refractivity contribution in [3.05, 3.63) is 65.1 Å². The molecule has 0 spiro atoms. The highest BCUT2D eigenvalue weighted by Crippen LogP contribution is 2.34. The predicted molar refractivity (Wildman–Crippen MR) is 101 cm³/mol. The maximum absolute atomic E-state index is 13.0. The first-order valence-electron chi connectivity index (χ1n) is 8.44. The first-order valence-corrected chi connectivity index (χ1v) is 9.32. The minimum absolute atomic E-state index is 0.00500. The van der Waals surface area contributed by atoms with Gasteiger partial charge in [0.2, 0.25) is 0 Å². The van der Waals surface area contributed by atoms with Gasteiger partial charge in [0.25, 0.3) is 0 Å². The molecule has 0 aliphatic carbocycles. The molecule has 0 radical (unpaired) electrons. The molecule has 0 aliphatic rings. The summed E-state index contributed by atoms with van der Waals surface area (Å²) >= 11 is 0.944. The molecule has 28 heavy (non-hydrogen) atoms. The van der Waals surface area contributed by atoms with E-state index in [4.69, 9.17) is 4.74 Å². The number of rotatable bonds is 5. The number of fused-ring (bicyclic) bond motifs is 2. The van der Waals surface area contributed by atoms with Crippen LogP contribution in [0.25, 0.3) is 15.6 Å². The van der Waals surface area contributed by atoms with Crippen LogP contribution < -0.4 is 4.74 Å². The molecule has 0 saturated carbocycles. The van der Waals surface area contributed by atoms with Gasteiger partial charge in [-0.25, -0.2) is 4.98 Å². The average Bonchev–Trinajstić information content (AvgIpc) is 3.24.